The van der Waals surface area contributed by atoms with Crippen LogP contribution in [-0.2, 0) is 0 Å². The first kappa shape index (κ1) is 8.71. The molecule has 1 aromatic carbocycles. The zero-order chi connectivity index (χ0) is 9.14. The van der Waals surface area contributed by atoms with Crippen LogP contribution in [0.1, 0.15) is 25.3 Å². The second-order valence-electron chi connectivity index (χ2n) is 3.01. The molecule has 0 spiro atoms. The van der Waals surface area contributed by atoms with Crippen LogP contribution in [0.4, 0.5) is 5.69 Å². The molecule has 0 saturated carbocycles. The molecule has 64 valence electrons. The van der Waals surface area contributed by atoms with Crippen molar-refractivity contribution >= 4 is 5.69 Å². The van der Waals surface area contributed by atoms with Gasteiger partial charge in [0, 0.05) is 12.1 Å². The number of hydrogen-bond donors (Lipinski definition) is 0. The van der Waals surface area contributed by atoms with E-state index in [0.717, 1.165) is 5.56 Å². The molecule has 1 rings (SSSR count). The Morgan fingerprint density at radius 2 is 2.08 bits per heavy atom. The third kappa shape index (κ3) is 1.81. The predicted octanol–water partition coefficient (Wildman–Crippen LogP) is 2.72. The molecule has 0 aliphatic rings. The van der Waals surface area contributed by atoms with E-state index in [1.54, 1.807) is 12.1 Å². The van der Waals surface area contributed by atoms with Crippen molar-refractivity contribution in [1.29, 1.82) is 0 Å². The van der Waals surface area contributed by atoms with E-state index >= 15 is 0 Å². The van der Waals surface area contributed by atoms with Crippen LogP contribution in [-0.4, -0.2) is 4.92 Å². The van der Waals surface area contributed by atoms with E-state index < -0.39 is 0 Å². The first-order valence-corrected chi connectivity index (χ1v) is 3.85. The van der Waals surface area contributed by atoms with E-state index in [1.165, 1.54) is 6.07 Å². The van der Waals surface area contributed by atoms with Crippen molar-refractivity contribution in [1.82, 2.24) is 0 Å². The zero-order valence-corrected chi connectivity index (χ0v) is 7.15. The highest BCUT2D eigenvalue weighted by molar-refractivity contribution is 5.35. The molecule has 1 aromatic rings. The molecule has 3 nitrogen and oxygen atoms in total. The minimum Gasteiger partial charge on any atom is -0.258 e. The van der Waals surface area contributed by atoms with Crippen LogP contribution >= 0.6 is 0 Å². The van der Waals surface area contributed by atoms with Crippen LogP contribution in [0.25, 0.3) is 0 Å². The van der Waals surface area contributed by atoms with Gasteiger partial charge in [0.05, 0.1) is 4.92 Å². The first-order chi connectivity index (χ1) is 5.61. The Hall–Kier alpha value is -1.38. The summed E-state index contributed by atoms with van der Waals surface area (Å²) in [4.78, 5) is 10.0. The molecule has 0 atom stereocenters. The Kier molecular flexibility index (Phi) is 2.43. The SMILES string of the molecule is CC(C)c1cccc([N+](=O)[O-])c1. The Bertz CT molecular complexity index is 294. The molecule has 0 saturated heterocycles. The molecule has 0 fully saturated rings. The number of benzene rings is 1. The highest BCUT2D eigenvalue weighted by Crippen LogP contribution is 2.19. The van der Waals surface area contributed by atoms with Crippen molar-refractivity contribution in [2.24, 2.45) is 0 Å². The summed E-state index contributed by atoms with van der Waals surface area (Å²) in [6.45, 7) is 4.03. The molecule has 0 amide bonds. The summed E-state index contributed by atoms with van der Waals surface area (Å²) >= 11 is 0. The van der Waals surface area contributed by atoms with Crippen molar-refractivity contribution in [3.63, 3.8) is 0 Å². The summed E-state index contributed by atoms with van der Waals surface area (Å²) in [5.41, 5.74) is 1.17. The van der Waals surface area contributed by atoms with Crippen LogP contribution in [0.5, 0.6) is 0 Å². The highest BCUT2D eigenvalue weighted by Gasteiger charge is 2.06. The Balaban J connectivity index is 3.04. The van der Waals surface area contributed by atoms with Gasteiger partial charge in [-0.1, -0.05) is 26.0 Å². The molecule has 3 heteroatoms. The lowest BCUT2D eigenvalue weighted by molar-refractivity contribution is -0.384. The molecular weight excluding hydrogens is 154 g/mol. The third-order valence-corrected chi connectivity index (χ3v) is 1.75. The van der Waals surface area contributed by atoms with Crippen molar-refractivity contribution < 1.29 is 4.92 Å². The minimum atomic E-state index is -0.369. The summed E-state index contributed by atoms with van der Waals surface area (Å²) in [6.07, 6.45) is 0. The van der Waals surface area contributed by atoms with Crippen molar-refractivity contribution in [2.75, 3.05) is 0 Å². The van der Waals surface area contributed by atoms with E-state index in [2.05, 4.69) is 0 Å². The molecule has 0 N–H and O–H groups in total. The lowest BCUT2D eigenvalue weighted by Gasteiger charge is -2.03. The quantitative estimate of drug-likeness (QED) is 0.499. The van der Waals surface area contributed by atoms with Crippen molar-refractivity contribution in [3.8, 4) is 0 Å². The van der Waals surface area contributed by atoms with Gasteiger partial charge in [-0.25, -0.2) is 0 Å². The van der Waals surface area contributed by atoms with Crippen molar-refractivity contribution in [3.05, 3.63) is 39.9 Å². The molecule has 12 heavy (non-hydrogen) atoms. The molecule has 0 radical (unpaired) electrons. The normalized spacial score (nSPS) is 10.2. The Labute approximate surface area is 71.2 Å². The van der Waals surface area contributed by atoms with Crippen LogP contribution < -0.4 is 0 Å². The fourth-order valence-electron chi connectivity index (χ4n) is 0.997. The number of nitro benzene ring substituents is 1. The number of hydrogen-bond acceptors (Lipinski definition) is 2. The maximum Gasteiger partial charge on any atom is 0.269 e. The standard InChI is InChI=1S/C9H11NO2/c1-7(2)8-4-3-5-9(6-8)10(11)12/h3-7H,1-2H3. The van der Waals surface area contributed by atoms with Gasteiger partial charge in [0.25, 0.3) is 5.69 Å². The summed E-state index contributed by atoms with van der Waals surface area (Å²) in [6, 6.07) is 6.74. The second-order valence-corrected chi connectivity index (χ2v) is 3.01. The molecule has 0 heterocycles. The van der Waals surface area contributed by atoms with Crippen LogP contribution in [0.2, 0.25) is 0 Å². The zero-order valence-electron chi connectivity index (χ0n) is 7.15. The van der Waals surface area contributed by atoms with Crippen molar-refractivity contribution in [2.45, 2.75) is 19.8 Å². The number of rotatable bonds is 2. The Morgan fingerprint density at radius 1 is 1.42 bits per heavy atom. The van der Waals surface area contributed by atoms with E-state index in [0.29, 0.717) is 5.92 Å². The monoisotopic (exact) mass is 165 g/mol. The molecule has 0 bridgehead atoms. The summed E-state index contributed by atoms with van der Waals surface area (Å²) in [5, 5.41) is 10.4. The van der Waals surface area contributed by atoms with Crippen LogP contribution in [0.3, 0.4) is 0 Å². The van der Waals surface area contributed by atoms with Crippen LogP contribution in [0.15, 0.2) is 24.3 Å². The number of nitrogens with zero attached hydrogens (tertiary/aromatic N) is 1. The summed E-state index contributed by atoms with van der Waals surface area (Å²) < 4.78 is 0. The average Bonchev–Trinajstić information content (AvgIpc) is 2.04. The van der Waals surface area contributed by atoms with Gasteiger partial charge in [-0.3, -0.25) is 10.1 Å². The van der Waals surface area contributed by atoms with Crippen LogP contribution in [0, 0.1) is 10.1 Å². The Morgan fingerprint density at radius 3 is 2.58 bits per heavy atom. The minimum absolute atomic E-state index is 0.168. The highest BCUT2D eigenvalue weighted by atomic mass is 16.6. The van der Waals surface area contributed by atoms with E-state index in [1.807, 2.05) is 19.9 Å². The van der Waals surface area contributed by atoms with Gasteiger partial charge in [0.2, 0.25) is 0 Å². The fourth-order valence-corrected chi connectivity index (χ4v) is 0.997. The van der Waals surface area contributed by atoms with E-state index in [9.17, 15) is 10.1 Å². The van der Waals surface area contributed by atoms with Gasteiger partial charge in [-0.15, -0.1) is 0 Å². The average molecular weight is 165 g/mol. The predicted molar refractivity (Wildman–Crippen MR) is 47.2 cm³/mol. The van der Waals surface area contributed by atoms with E-state index in [4.69, 9.17) is 0 Å². The van der Waals surface area contributed by atoms with Gasteiger partial charge >= 0.3 is 0 Å². The van der Waals surface area contributed by atoms with Gasteiger partial charge in [-0.2, -0.15) is 0 Å². The van der Waals surface area contributed by atoms with Gasteiger partial charge in [-0.05, 0) is 11.5 Å². The molecule has 0 aromatic heterocycles. The fraction of sp³-hybridized carbons (Fsp3) is 0.333. The number of non-ortho nitro benzene ring substituents is 1. The summed E-state index contributed by atoms with van der Waals surface area (Å²) in [7, 11) is 0. The first-order valence-electron chi connectivity index (χ1n) is 3.85. The van der Waals surface area contributed by atoms with E-state index in [-0.39, 0.29) is 10.6 Å². The third-order valence-electron chi connectivity index (χ3n) is 1.75. The van der Waals surface area contributed by atoms with Gasteiger partial charge in [0.15, 0.2) is 0 Å². The topological polar surface area (TPSA) is 43.1 Å². The molecule has 0 aliphatic carbocycles. The van der Waals surface area contributed by atoms with Gasteiger partial charge in [0.1, 0.15) is 0 Å². The molecule has 0 aliphatic heterocycles. The lowest BCUT2D eigenvalue weighted by atomic mass is 10.0. The smallest absolute Gasteiger partial charge is 0.258 e. The summed E-state index contributed by atoms with van der Waals surface area (Å²) in [5.74, 6) is 0.338. The second kappa shape index (κ2) is 3.34. The molecular formula is C9H11NO2. The lowest BCUT2D eigenvalue weighted by Crippen LogP contribution is -1.91. The number of nitro groups is 1. The largest absolute Gasteiger partial charge is 0.269 e. The molecule has 0 unspecified atom stereocenters. The maximum absolute atomic E-state index is 10.4. The van der Waals surface area contributed by atoms with Gasteiger partial charge < -0.3 is 0 Å². The maximum atomic E-state index is 10.4.